The quantitative estimate of drug-likeness (QED) is 0.566. The van der Waals surface area contributed by atoms with Gasteiger partial charge in [-0.1, -0.05) is 0 Å². The zero-order valence-electron chi connectivity index (χ0n) is 9.21. The fourth-order valence-corrected chi connectivity index (χ4v) is 2.88. The molecule has 0 saturated heterocycles. The van der Waals surface area contributed by atoms with Crippen LogP contribution in [-0.2, 0) is 19.4 Å². The summed E-state index contributed by atoms with van der Waals surface area (Å²) in [6.07, 6.45) is 1.41. The molecule has 0 radical (unpaired) electrons. The normalized spacial score (nSPS) is 23.1. The highest BCUT2D eigenvalue weighted by Crippen LogP contribution is 2.08. The molecule has 1 aliphatic heterocycles. The molecule has 17 heavy (non-hydrogen) atoms. The van der Waals surface area contributed by atoms with Crippen LogP contribution in [0.1, 0.15) is 6.92 Å². The lowest BCUT2D eigenvalue weighted by molar-refractivity contribution is -0.127. The fraction of sp³-hybridized carbons (Fsp3) is 0.556. The van der Waals surface area contributed by atoms with Crippen molar-refractivity contribution in [3.63, 3.8) is 0 Å². The van der Waals surface area contributed by atoms with E-state index in [0.29, 0.717) is 0 Å². The van der Waals surface area contributed by atoms with E-state index in [1.165, 1.54) is 13.0 Å². The van der Waals surface area contributed by atoms with Gasteiger partial charge in [0.25, 0.3) is 0 Å². The van der Waals surface area contributed by atoms with Crippen LogP contribution in [0.3, 0.4) is 0 Å². The Labute approximate surface area is 105 Å². The molecule has 0 fully saturated rings. The first-order valence-corrected chi connectivity index (χ1v) is 7.28. The molecule has 2 atom stereocenters. The number of rotatable bonds is 4. The lowest BCUT2D eigenvalue weighted by Crippen LogP contribution is -2.50. The van der Waals surface area contributed by atoms with Crippen LogP contribution in [0.4, 0.5) is 0 Å². The number of thiol groups is 1. The first-order chi connectivity index (χ1) is 7.84. The molecule has 0 spiro atoms. The summed E-state index contributed by atoms with van der Waals surface area (Å²) in [7, 11) is -3.20. The maximum absolute atomic E-state index is 11.7. The number of hydrogen-bond donors (Lipinski definition) is 3. The molecule has 0 bridgehead atoms. The SMILES string of the molecule is CC(=O)NC(CS)C(=O)NC1C=CS(=O)(=O)C1. The van der Waals surface area contributed by atoms with Gasteiger partial charge in [0, 0.05) is 18.1 Å². The maximum atomic E-state index is 11.7. The molecule has 2 amide bonds. The summed E-state index contributed by atoms with van der Waals surface area (Å²) >= 11 is 3.95. The van der Waals surface area contributed by atoms with E-state index in [1.807, 2.05) is 0 Å². The van der Waals surface area contributed by atoms with Gasteiger partial charge in [-0.25, -0.2) is 8.42 Å². The second-order valence-electron chi connectivity index (χ2n) is 3.71. The molecule has 1 heterocycles. The first-order valence-electron chi connectivity index (χ1n) is 4.93. The summed E-state index contributed by atoms with van der Waals surface area (Å²) in [6, 6.07) is -1.30. The predicted molar refractivity (Wildman–Crippen MR) is 66.3 cm³/mol. The zero-order valence-corrected chi connectivity index (χ0v) is 10.9. The summed E-state index contributed by atoms with van der Waals surface area (Å²) in [5, 5.41) is 6.02. The van der Waals surface area contributed by atoms with Gasteiger partial charge in [-0.15, -0.1) is 0 Å². The number of sulfone groups is 1. The third-order valence-electron chi connectivity index (χ3n) is 2.13. The highest BCUT2D eigenvalue weighted by Gasteiger charge is 2.26. The van der Waals surface area contributed by atoms with Gasteiger partial charge in [0.2, 0.25) is 11.8 Å². The van der Waals surface area contributed by atoms with Crippen molar-refractivity contribution in [2.24, 2.45) is 0 Å². The van der Waals surface area contributed by atoms with Gasteiger partial charge in [-0.2, -0.15) is 12.6 Å². The first kappa shape index (κ1) is 14.0. The molecule has 0 aromatic carbocycles. The van der Waals surface area contributed by atoms with Crippen molar-refractivity contribution in [3.05, 3.63) is 11.5 Å². The van der Waals surface area contributed by atoms with Gasteiger partial charge in [-0.3, -0.25) is 9.59 Å². The largest absolute Gasteiger partial charge is 0.347 e. The van der Waals surface area contributed by atoms with Gasteiger partial charge >= 0.3 is 0 Å². The fourth-order valence-electron chi connectivity index (χ4n) is 1.39. The van der Waals surface area contributed by atoms with E-state index < -0.39 is 27.8 Å². The van der Waals surface area contributed by atoms with Crippen LogP contribution in [0.25, 0.3) is 0 Å². The molecular weight excluding hydrogens is 264 g/mol. The van der Waals surface area contributed by atoms with Crippen molar-refractivity contribution < 1.29 is 18.0 Å². The lowest BCUT2D eigenvalue weighted by Gasteiger charge is -2.17. The van der Waals surface area contributed by atoms with Crippen LogP contribution in [0.2, 0.25) is 0 Å². The molecule has 0 aliphatic carbocycles. The van der Waals surface area contributed by atoms with E-state index in [-0.39, 0.29) is 17.4 Å². The Bertz CT molecular complexity index is 444. The summed E-state index contributed by atoms with van der Waals surface area (Å²) in [6.45, 7) is 1.30. The van der Waals surface area contributed by atoms with E-state index in [9.17, 15) is 18.0 Å². The smallest absolute Gasteiger partial charge is 0.243 e. The van der Waals surface area contributed by atoms with Gasteiger partial charge < -0.3 is 10.6 Å². The van der Waals surface area contributed by atoms with Gasteiger partial charge in [-0.05, 0) is 6.08 Å². The molecule has 0 saturated carbocycles. The molecule has 2 unspecified atom stereocenters. The summed E-state index contributed by atoms with van der Waals surface area (Å²) in [5.74, 6) is -0.775. The molecule has 0 aromatic heterocycles. The van der Waals surface area contributed by atoms with Crippen molar-refractivity contribution in [1.82, 2.24) is 10.6 Å². The molecule has 6 nitrogen and oxygen atoms in total. The summed E-state index contributed by atoms with van der Waals surface area (Å²) in [5.41, 5.74) is 0. The zero-order chi connectivity index (χ0) is 13.1. The van der Waals surface area contributed by atoms with Crippen LogP contribution >= 0.6 is 12.6 Å². The molecule has 1 rings (SSSR count). The number of amides is 2. The molecule has 96 valence electrons. The number of carbonyl (C=O) groups is 2. The second kappa shape index (κ2) is 5.54. The van der Waals surface area contributed by atoms with Gasteiger partial charge in [0.05, 0.1) is 11.8 Å². The van der Waals surface area contributed by atoms with Crippen LogP contribution in [0, 0.1) is 0 Å². The Kier molecular flexibility index (Phi) is 4.58. The Hall–Kier alpha value is -1.02. The van der Waals surface area contributed by atoms with Crippen molar-refractivity contribution in [2.75, 3.05) is 11.5 Å². The summed E-state index contributed by atoms with van der Waals surface area (Å²) in [4.78, 5) is 22.5. The molecular formula is C9H14N2O4S2. The second-order valence-corrected chi connectivity index (χ2v) is 6.01. The van der Waals surface area contributed by atoms with E-state index in [4.69, 9.17) is 0 Å². The van der Waals surface area contributed by atoms with Crippen LogP contribution in [0.5, 0.6) is 0 Å². The highest BCUT2D eigenvalue weighted by molar-refractivity contribution is 7.94. The Morgan fingerprint density at radius 1 is 1.53 bits per heavy atom. The lowest BCUT2D eigenvalue weighted by atomic mass is 10.2. The molecule has 0 aromatic rings. The van der Waals surface area contributed by atoms with Crippen LogP contribution in [0.15, 0.2) is 11.5 Å². The van der Waals surface area contributed by atoms with E-state index in [1.54, 1.807) is 0 Å². The van der Waals surface area contributed by atoms with Crippen molar-refractivity contribution in [1.29, 1.82) is 0 Å². The standard InChI is InChI=1S/C9H14N2O4S2/c1-6(12)10-8(4-16)9(13)11-7-2-3-17(14,15)5-7/h2-3,7-8,16H,4-5H2,1H3,(H,10,12)(H,11,13). The highest BCUT2D eigenvalue weighted by atomic mass is 32.2. The number of nitrogens with one attached hydrogen (secondary N) is 2. The van der Waals surface area contributed by atoms with Gasteiger partial charge in [0.15, 0.2) is 9.84 Å². The van der Waals surface area contributed by atoms with E-state index in [0.717, 1.165) is 5.41 Å². The predicted octanol–water partition coefficient (Wildman–Crippen LogP) is -1.15. The van der Waals surface area contributed by atoms with Crippen molar-refractivity contribution >= 4 is 34.3 Å². The Morgan fingerprint density at radius 3 is 2.59 bits per heavy atom. The topological polar surface area (TPSA) is 92.3 Å². The average Bonchev–Trinajstić information content (AvgIpc) is 2.54. The Morgan fingerprint density at radius 2 is 2.18 bits per heavy atom. The molecule has 2 N–H and O–H groups in total. The summed E-state index contributed by atoms with van der Waals surface area (Å²) < 4.78 is 22.2. The third-order valence-corrected chi connectivity index (χ3v) is 3.89. The number of hydrogen-bond acceptors (Lipinski definition) is 5. The molecule has 8 heteroatoms. The molecule has 1 aliphatic rings. The van der Waals surface area contributed by atoms with E-state index in [2.05, 4.69) is 23.3 Å². The third kappa shape index (κ3) is 4.39. The van der Waals surface area contributed by atoms with Crippen LogP contribution in [-0.4, -0.2) is 43.8 Å². The minimum atomic E-state index is -3.20. The van der Waals surface area contributed by atoms with Gasteiger partial charge in [0.1, 0.15) is 6.04 Å². The maximum Gasteiger partial charge on any atom is 0.243 e. The minimum absolute atomic E-state index is 0.141. The Balaban J connectivity index is 2.54. The minimum Gasteiger partial charge on any atom is -0.347 e. The van der Waals surface area contributed by atoms with Crippen molar-refractivity contribution in [2.45, 2.75) is 19.0 Å². The van der Waals surface area contributed by atoms with Crippen molar-refractivity contribution in [3.8, 4) is 0 Å². The number of carbonyl (C=O) groups excluding carboxylic acids is 2. The van der Waals surface area contributed by atoms with E-state index >= 15 is 0 Å². The monoisotopic (exact) mass is 278 g/mol. The average molecular weight is 278 g/mol. The van der Waals surface area contributed by atoms with Crippen LogP contribution < -0.4 is 10.6 Å².